The molecule has 1 atom stereocenters. The number of aliphatic hydroxyl groups excluding tert-OH is 1. The summed E-state index contributed by atoms with van der Waals surface area (Å²) in [5.74, 6) is 0.353. The van der Waals surface area contributed by atoms with E-state index in [4.69, 9.17) is 15.6 Å². The Kier molecular flexibility index (Phi) is 3.73. The highest BCUT2D eigenvalue weighted by Crippen LogP contribution is 2.29. The molecule has 78 valence electrons. The lowest BCUT2D eigenvalue weighted by Crippen LogP contribution is -2.15. The van der Waals surface area contributed by atoms with Gasteiger partial charge in [0.2, 0.25) is 0 Å². The summed E-state index contributed by atoms with van der Waals surface area (Å²) >= 11 is 0. The first-order valence-corrected chi connectivity index (χ1v) is 4.40. The van der Waals surface area contributed by atoms with Gasteiger partial charge in [0, 0.05) is 12.5 Å². The molecule has 1 aromatic carbocycles. The van der Waals surface area contributed by atoms with Crippen LogP contribution in [0.15, 0.2) is 18.2 Å². The first-order valence-electron chi connectivity index (χ1n) is 4.40. The zero-order valence-electron chi connectivity index (χ0n) is 8.10. The summed E-state index contributed by atoms with van der Waals surface area (Å²) in [6.45, 7) is 0.324. The average Bonchev–Trinajstić information content (AvgIpc) is 2.20. The number of rotatable bonds is 4. The molecule has 0 aromatic heterocycles. The summed E-state index contributed by atoms with van der Waals surface area (Å²) in [6, 6.07) is 5.00. The van der Waals surface area contributed by atoms with Crippen LogP contribution in [0.2, 0.25) is 0 Å². The number of benzene rings is 1. The monoisotopic (exact) mass is 197 g/mol. The minimum absolute atomic E-state index is 0.0255. The van der Waals surface area contributed by atoms with Gasteiger partial charge in [0.05, 0.1) is 13.7 Å². The van der Waals surface area contributed by atoms with Crippen LogP contribution in [0.1, 0.15) is 11.5 Å². The molecule has 0 saturated carbocycles. The Balaban J connectivity index is 2.95. The van der Waals surface area contributed by atoms with Crippen molar-refractivity contribution in [1.29, 1.82) is 0 Å². The topological polar surface area (TPSA) is 75.7 Å². The third-order valence-corrected chi connectivity index (χ3v) is 2.18. The Morgan fingerprint density at radius 3 is 2.64 bits per heavy atom. The van der Waals surface area contributed by atoms with Crippen LogP contribution in [0.4, 0.5) is 0 Å². The highest BCUT2D eigenvalue weighted by atomic mass is 16.5. The van der Waals surface area contributed by atoms with E-state index in [9.17, 15) is 5.11 Å². The Morgan fingerprint density at radius 2 is 2.21 bits per heavy atom. The molecule has 14 heavy (non-hydrogen) atoms. The van der Waals surface area contributed by atoms with Crippen molar-refractivity contribution in [3.8, 4) is 11.5 Å². The minimum Gasteiger partial charge on any atom is -0.504 e. The van der Waals surface area contributed by atoms with Gasteiger partial charge >= 0.3 is 0 Å². The molecule has 1 rings (SSSR count). The van der Waals surface area contributed by atoms with Crippen molar-refractivity contribution in [3.63, 3.8) is 0 Å². The molecule has 4 nitrogen and oxygen atoms in total. The molecule has 0 radical (unpaired) electrons. The zero-order valence-corrected chi connectivity index (χ0v) is 8.10. The molecular formula is C10H15NO3. The number of aliphatic hydroxyl groups is 1. The van der Waals surface area contributed by atoms with Gasteiger partial charge in [0.1, 0.15) is 0 Å². The van der Waals surface area contributed by atoms with E-state index in [-0.39, 0.29) is 18.3 Å². The molecule has 0 aliphatic heterocycles. The fourth-order valence-corrected chi connectivity index (χ4v) is 1.28. The van der Waals surface area contributed by atoms with Gasteiger partial charge in [-0.2, -0.15) is 0 Å². The van der Waals surface area contributed by atoms with Gasteiger partial charge in [-0.25, -0.2) is 0 Å². The first kappa shape index (κ1) is 10.8. The number of aromatic hydroxyl groups is 1. The SMILES string of the molecule is COc1ccc([C@@H](CN)CO)cc1O. The van der Waals surface area contributed by atoms with Crippen molar-refractivity contribution in [2.24, 2.45) is 5.73 Å². The molecule has 0 saturated heterocycles. The Labute approximate surface area is 82.9 Å². The maximum Gasteiger partial charge on any atom is 0.160 e. The van der Waals surface area contributed by atoms with E-state index >= 15 is 0 Å². The summed E-state index contributed by atoms with van der Waals surface area (Å²) in [6.07, 6.45) is 0. The second-order valence-electron chi connectivity index (χ2n) is 3.05. The normalized spacial score (nSPS) is 12.5. The number of ether oxygens (including phenoxy) is 1. The third-order valence-electron chi connectivity index (χ3n) is 2.18. The molecular weight excluding hydrogens is 182 g/mol. The fourth-order valence-electron chi connectivity index (χ4n) is 1.28. The van der Waals surface area contributed by atoms with E-state index in [1.165, 1.54) is 7.11 Å². The molecule has 0 amide bonds. The van der Waals surface area contributed by atoms with Crippen LogP contribution < -0.4 is 10.5 Å². The maximum absolute atomic E-state index is 9.48. The molecule has 0 aliphatic rings. The summed E-state index contributed by atoms with van der Waals surface area (Å²) < 4.78 is 4.90. The minimum atomic E-state index is -0.133. The lowest BCUT2D eigenvalue weighted by atomic mass is 10.00. The molecule has 4 N–H and O–H groups in total. The maximum atomic E-state index is 9.48. The lowest BCUT2D eigenvalue weighted by molar-refractivity contribution is 0.267. The van der Waals surface area contributed by atoms with E-state index in [0.29, 0.717) is 12.3 Å². The van der Waals surface area contributed by atoms with Crippen LogP contribution in [0.25, 0.3) is 0 Å². The van der Waals surface area contributed by atoms with Gasteiger partial charge in [-0.05, 0) is 17.7 Å². The Bertz CT molecular complexity index is 297. The van der Waals surface area contributed by atoms with Crippen molar-refractivity contribution in [1.82, 2.24) is 0 Å². The van der Waals surface area contributed by atoms with Gasteiger partial charge in [0.25, 0.3) is 0 Å². The molecule has 4 heteroatoms. The Morgan fingerprint density at radius 1 is 1.50 bits per heavy atom. The molecule has 1 aromatic rings. The predicted molar refractivity (Wildman–Crippen MR) is 53.5 cm³/mol. The number of phenols is 1. The van der Waals surface area contributed by atoms with Crippen molar-refractivity contribution in [2.75, 3.05) is 20.3 Å². The second-order valence-corrected chi connectivity index (χ2v) is 3.05. The van der Waals surface area contributed by atoms with E-state index < -0.39 is 0 Å². The van der Waals surface area contributed by atoms with Crippen molar-refractivity contribution < 1.29 is 14.9 Å². The second kappa shape index (κ2) is 4.83. The van der Waals surface area contributed by atoms with Crippen LogP contribution in [0.5, 0.6) is 11.5 Å². The largest absolute Gasteiger partial charge is 0.504 e. The zero-order chi connectivity index (χ0) is 10.6. The van der Waals surface area contributed by atoms with E-state index in [1.807, 2.05) is 0 Å². The number of methoxy groups -OCH3 is 1. The number of hydrogen-bond donors (Lipinski definition) is 3. The molecule has 0 heterocycles. The summed E-state index contributed by atoms with van der Waals surface area (Å²) in [4.78, 5) is 0. The van der Waals surface area contributed by atoms with Gasteiger partial charge in [0.15, 0.2) is 11.5 Å². The summed E-state index contributed by atoms with van der Waals surface area (Å²) in [5.41, 5.74) is 6.28. The van der Waals surface area contributed by atoms with Gasteiger partial charge in [-0.15, -0.1) is 0 Å². The van der Waals surface area contributed by atoms with Crippen LogP contribution in [0.3, 0.4) is 0 Å². The smallest absolute Gasteiger partial charge is 0.160 e. The lowest BCUT2D eigenvalue weighted by Gasteiger charge is -2.13. The van der Waals surface area contributed by atoms with Crippen LogP contribution in [-0.2, 0) is 0 Å². The molecule has 0 unspecified atom stereocenters. The van der Waals surface area contributed by atoms with Crippen molar-refractivity contribution in [2.45, 2.75) is 5.92 Å². The van der Waals surface area contributed by atoms with E-state index in [1.54, 1.807) is 18.2 Å². The average molecular weight is 197 g/mol. The highest BCUT2D eigenvalue weighted by molar-refractivity contribution is 5.42. The Hall–Kier alpha value is -1.26. The van der Waals surface area contributed by atoms with Gasteiger partial charge in [-0.1, -0.05) is 6.07 Å². The van der Waals surface area contributed by atoms with E-state index in [2.05, 4.69) is 0 Å². The number of phenolic OH excluding ortho intramolecular Hbond substituents is 1. The standard InChI is InChI=1S/C10H15NO3/c1-14-10-3-2-7(4-9(10)13)8(5-11)6-12/h2-4,8,12-13H,5-6,11H2,1H3/t8-/m0/s1. The van der Waals surface area contributed by atoms with Crippen LogP contribution >= 0.6 is 0 Å². The van der Waals surface area contributed by atoms with Crippen LogP contribution in [0, 0.1) is 0 Å². The van der Waals surface area contributed by atoms with Crippen molar-refractivity contribution in [3.05, 3.63) is 23.8 Å². The highest BCUT2D eigenvalue weighted by Gasteiger charge is 2.10. The summed E-state index contributed by atoms with van der Waals surface area (Å²) in [7, 11) is 1.49. The quantitative estimate of drug-likeness (QED) is 0.654. The van der Waals surface area contributed by atoms with Crippen molar-refractivity contribution >= 4 is 0 Å². The van der Waals surface area contributed by atoms with Crippen LogP contribution in [-0.4, -0.2) is 30.5 Å². The summed E-state index contributed by atoms with van der Waals surface area (Å²) in [5, 5.41) is 18.5. The molecule has 0 fully saturated rings. The predicted octanol–water partition coefficient (Wildman–Crippen LogP) is 0.435. The number of hydrogen-bond acceptors (Lipinski definition) is 4. The molecule has 0 bridgehead atoms. The first-order chi connectivity index (χ1) is 6.72. The fraction of sp³-hybridized carbons (Fsp3) is 0.400. The molecule has 0 aliphatic carbocycles. The van der Waals surface area contributed by atoms with E-state index in [0.717, 1.165) is 5.56 Å². The van der Waals surface area contributed by atoms with Gasteiger partial charge < -0.3 is 20.7 Å². The van der Waals surface area contributed by atoms with Gasteiger partial charge in [-0.3, -0.25) is 0 Å². The third kappa shape index (κ3) is 2.16. The molecule has 0 spiro atoms. The number of nitrogens with two attached hydrogens (primary N) is 1.